The van der Waals surface area contributed by atoms with Gasteiger partial charge in [-0.1, -0.05) is 35.9 Å². The Balaban J connectivity index is 1.57. The number of hydrogen-bond donors (Lipinski definition) is 2. The zero-order chi connectivity index (χ0) is 13.8. The molecule has 0 radical (unpaired) electrons. The lowest BCUT2D eigenvalue weighted by Gasteiger charge is -2.25. The van der Waals surface area contributed by atoms with Gasteiger partial charge in [-0.15, -0.1) is 0 Å². The summed E-state index contributed by atoms with van der Waals surface area (Å²) < 4.78 is 0. The SMILES string of the molecule is O=C(NCCC1=CCCC1)C1CNCc2ccccc21. The Bertz CT molecular complexity index is 521. The molecule has 0 saturated heterocycles. The molecule has 3 rings (SSSR count). The van der Waals surface area contributed by atoms with Gasteiger partial charge in [0.25, 0.3) is 0 Å². The number of fused-ring (bicyclic) bond motifs is 1. The first-order chi connectivity index (χ1) is 9.84. The van der Waals surface area contributed by atoms with Crippen LogP contribution >= 0.6 is 0 Å². The van der Waals surface area contributed by atoms with Crippen molar-refractivity contribution in [3.63, 3.8) is 0 Å². The van der Waals surface area contributed by atoms with Crippen LogP contribution in [0.1, 0.15) is 42.7 Å². The lowest BCUT2D eigenvalue weighted by Crippen LogP contribution is -2.39. The first-order valence-electron chi connectivity index (χ1n) is 7.59. The van der Waals surface area contributed by atoms with E-state index < -0.39 is 0 Å². The molecule has 0 bridgehead atoms. The van der Waals surface area contributed by atoms with Crippen LogP contribution in [0.25, 0.3) is 0 Å². The van der Waals surface area contributed by atoms with E-state index in [2.05, 4.69) is 28.8 Å². The van der Waals surface area contributed by atoms with E-state index in [9.17, 15) is 4.79 Å². The number of allylic oxidation sites excluding steroid dienone is 1. The van der Waals surface area contributed by atoms with Crippen LogP contribution in [0.15, 0.2) is 35.9 Å². The van der Waals surface area contributed by atoms with E-state index in [1.165, 1.54) is 36.0 Å². The van der Waals surface area contributed by atoms with Gasteiger partial charge in [0.2, 0.25) is 5.91 Å². The molecule has 1 aromatic rings. The first-order valence-corrected chi connectivity index (χ1v) is 7.59. The van der Waals surface area contributed by atoms with Crippen molar-refractivity contribution in [1.82, 2.24) is 10.6 Å². The lowest BCUT2D eigenvalue weighted by atomic mass is 9.90. The van der Waals surface area contributed by atoms with Crippen molar-refractivity contribution < 1.29 is 4.79 Å². The number of hydrogen-bond acceptors (Lipinski definition) is 2. The van der Waals surface area contributed by atoms with Gasteiger partial charge >= 0.3 is 0 Å². The van der Waals surface area contributed by atoms with Crippen molar-refractivity contribution in [2.24, 2.45) is 0 Å². The fraction of sp³-hybridized carbons (Fsp3) is 0.471. The zero-order valence-corrected chi connectivity index (χ0v) is 11.8. The van der Waals surface area contributed by atoms with Crippen LogP contribution in [0.3, 0.4) is 0 Å². The molecule has 1 aliphatic carbocycles. The predicted octanol–water partition coefficient (Wildman–Crippen LogP) is 2.49. The van der Waals surface area contributed by atoms with E-state index in [4.69, 9.17) is 0 Å². The minimum absolute atomic E-state index is 0.0440. The minimum Gasteiger partial charge on any atom is -0.355 e. The Labute approximate surface area is 120 Å². The average Bonchev–Trinajstić information content (AvgIpc) is 3.00. The summed E-state index contributed by atoms with van der Waals surface area (Å²) in [5.74, 6) is 0.112. The molecule has 0 aromatic heterocycles. The Hall–Kier alpha value is -1.61. The van der Waals surface area contributed by atoms with Crippen LogP contribution in [0, 0.1) is 0 Å². The van der Waals surface area contributed by atoms with Gasteiger partial charge in [-0.2, -0.15) is 0 Å². The third-order valence-corrected chi connectivity index (χ3v) is 4.29. The van der Waals surface area contributed by atoms with Gasteiger partial charge in [-0.25, -0.2) is 0 Å². The molecule has 1 atom stereocenters. The fourth-order valence-electron chi connectivity index (χ4n) is 3.16. The predicted molar refractivity (Wildman–Crippen MR) is 80.5 cm³/mol. The second-order valence-electron chi connectivity index (χ2n) is 5.68. The highest BCUT2D eigenvalue weighted by molar-refractivity contribution is 5.84. The van der Waals surface area contributed by atoms with Gasteiger partial charge in [0, 0.05) is 19.6 Å². The van der Waals surface area contributed by atoms with Crippen LogP contribution < -0.4 is 10.6 Å². The molecule has 3 heteroatoms. The number of carbonyl (C=O) groups is 1. The molecule has 1 aromatic carbocycles. The summed E-state index contributed by atoms with van der Waals surface area (Å²) in [6, 6.07) is 8.24. The van der Waals surface area contributed by atoms with E-state index in [1.54, 1.807) is 0 Å². The van der Waals surface area contributed by atoms with Gasteiger partial charge in [0.15, 0.2) is 0 Å². The van der Waals surface area contributed by atoms with Crippen molar-refractivity contribution in [3.05, 3.63) is 47.0 Å². The highest BCUT2D eigenvalue weighted by Crippen LogP contribution is 2.24. The summed E-state index contributed by atoms with van der Waals surface area (Å²) in [5, 5.41) is 6.43. The Kier molecular flexibility index (Phi) is 4.16. The summed E-state index contributed by atoms with van der Waals surface area (Å²) >= 11 is 0. The smallest absolute Gasteiger partial charge is 0.228 e. The van der Waals surface area contributed by atoms with Crippen LogP contribution in [-0.2, 0) is 11.3 Å². The molecule has 0 saturated carbocycles. The molecule has 1 amide bonds. The summed E-state index contributed by atoms with van der Waals surface area (Å²) in [7, 11) is 0. The average molecular weight is 270 g/mol. The number of nitrogens with one attached hydrogen (secondary N) is 2. The molecule has 1 heterocycles. The summed E-state index contributed by atoms with van der Waals surface area (Å²) in [6.45, 7) is 2.38. The van der Waals surface area contributed by atoms with Crippen molar-refractivity contribution in [3.8, 4) is 0 Å². The van der Waals surface area contributed by atoms with Crippen molar-refractivity contribution in [2.45, 2.75) is 38.1 Å². The van der Waals surface area contributed by atoms with Gasteiger partial charge in [-0.05, 0) is 36.8 Å². The number of benzene rings is 1. The Morgan fingerprint density at radius 2 is 2.25 bits per heavy atom. The highest BCUT2D eigenvalue weighted by Gasteiger charge is 2.25. The Morgan fingerprint density at radius 3 is 3.10 bits per heavy atom. The molecular weight excluding hydrogens is 248 g/mol. The first kappa shape index (κ1) is 13.4. The van der Waals surface area contributed by atoms with Crippen molar-refractivity contribution in [2.75, 3.05) is 13.1 Å². The molecule has 2 aliphatic rings. The second-order valence-corrected chi connectivity index (χ2v) is 5.68. The molecule has 0 spiro atoms. The monoisotopic (exact) mass is 270 g/mol. The summed E-state index contributed by atoms with van der Waals surface area (Å²) in [6.07, 6.45) is 7.03. The van der Waals surface area contributed by atoms with Gasteiger partial charge in [0.05, 0.1) is 5.92 Å². The topological polar surface area (TPSA) is 41.1 Å². The van der Waals surface area contributed by atoms with E-state index in [-0.39, 0.29) is 11.8 Å². The normalized spacial score (nSPS) is 21.2. The van der Waals surface area contributed by atoms with E-state index in [0.717, 1.165) is 26.1 Å². The van der Waals surface area contributed by atoms with Gasteiger partial charge < -0.3 is 10.6 Å². The minimum atomic E-state index is -0.0440. The molecule has 106 valence electrons. The van der Waals surface area contributed by atoms with Crippen molar-refractivity contribution in [1.29, 1.82) is 0 Å². The third kappa shape index (κ3) is 2.93. The number of carbonyl (C=O) groups excluding carboxylic acids is 1. The largest absolute Gasteiger partial charge is 0.355 e. The molecule has 1 aliphatic heterocycles. The number of amides is 1. The van der Waals surface area contributed by atoms with E-state index in [1.807, 2.05) is 12.1 Å². The maximum Gasteiger partial charge on any atom is 0.228 e. The molecule has 3 nitrogen and oxygen atoms in total. The van der Waals surface area contributed by atoms with Crippen LogP contribution in [0.5, 0.6) is 0 Å². The molecule has 20 heavy (non-hydrogen) atoms. The van der Waals surface area contributed by atoms with Gasteiger partial charge in [0.1, 0.15) is 0 Å². The van der Waals surface area contributed by atoms with E-state index >= 15 is 0 Å². The lowest BCUT2D eigenvalue weighted by molar-refractivity contribution is -0.122. The molecule has 2 N–H and O–H groups in total. The zero-order valence-electron chi connectivity index (χ0n) is 11.8. The molecular formula is C17H22N2O. The summed E-state index contributed by atoms with van der Waals surface area (Å²) in [5.41, 5.74) is 3.94. The maximum atomic E-state index is 12.4. The Morgan fingerprint density at radius 1 is 1.35 bits per heavy atom. The van der Waals surface area contributed by atoms with E-state index in [0.29, 0.717) is 0 Å². The standard InChI is InChI=1S/C17H22N2O/c20-17(19-10-9-13-5-1-2-6-13)16-12-18-11-14-7-3-4-8-15(14)16/h3-5,7-8,16,18H,1-2,6,9-12H2,(H,19,20). The van der Waals surface area contributed by atoms with Crippen LogP contribution in [0.2, 0.25) is 0 Å². The van der Waals surface area contributed by atoms with Crippen molar-refractivity contribution >= 4 is 5.91 Å². The number of rotatable bonds is 4. The fourth-order valence-corrected chi connectivity index (χ4v) is 3.16. The van der Waals surface area contributed by atoms with Gasteiger partial charge in [-0.3, -0.25) is 4.79 Å². The quantitative estimate of drug-likeness (QED) is 0.825. The third-order valence-electron chi connectivity index (χ3n) is 4.29. The van der Waals surface area contributed by atoms with Crippen LogP contribution in [0.4, 0.5) is 0 Å². The highest BCUT2D eigenvalue weighted by atomic mass is 16.1. The molecule has 0 fully saturated rings. The second kappa shape index (κ2) is 6.23. The summed E-state index contributed by atoms with van der Waals surface area (Å²) in [4.78, 5) is 12.4. The van der Waals surface area contributed by atoms with Crippen LogP contribution in [-0.4, -0.2) is 19.0 Å². The molecule has 1 unspecified atom stereocenters. The maximum absolute atomic E-state index is 12.4.